The summed E-state index contributed by atoms with van der Waals surface area (Å²) in [6.45, 7) is 6.68. The fraction of sp³-hybridized carbons (Fsp3) is 0.438. The molecule has 0 fully saturated rings. The van der Waals surface area contributed by atoms with Crippen molar-refractivity contribution in [1.29, 1.82) is 0 Å². The first-order valence-corrected chi connectivity index (χ1v) is 7.04. The number of aromatic nitrogens is 2. The lowest BCUT2D eigenvalue weighted by Crippen LogP contribution is -2.12. The molecule has 0 aliphatic carbocycles. The van der Waals surface area contributed by atoms with Gasteiger partial charge in [0.15, 0.2) is 0 Å². The first-order chi connectivity index (χ1) is 9.17. The minimum Gasteiger partial charge on any atom is -0.399 e. The van der Waals surface area contributed by atoms with E-state index in [1.807, 2.05) is 24.7 Å². The van der Waals surface area contributed by atoms with E-state index in [-0.39, 0.29) is 0 Å². The topological polar surface area (TPSA) is 43.8 Å². The molecule has 1 heterocycles. The standard InChI is InChI=1S/C16H23N3/c1-4-13(5-2)16-10-18-11-19(16)12(3)14-6-8-15(17)9-7-14/h6-13H,4-5,17H2,1-3H3. The minimum absolute atomic E-state index is 0.290. The number of benzene rings is 1. The molecule has 0 saturated heterocycles. The normalized spacial score (nSPS) is 12.8. The molecule has 0 amide bonds. The Morgan fingerprint density at radius 2 is 1.79 bits per heavy atom. The van der Waals surface area contributed by atoms with Crippen molar-refractivity contribution in [3.8, 4) is 0 Å². The smallest absolute Gasteiger partial charge is 0.0953 e. The quantitative estimate of drug-likeness (QED) is 0.823. The van der Waals surface area contributed by atoms with Crippen LogP contribution in [0.15, 0.2) is 36.8 Å². The van der Waals surface area contributed by atoms with E-state index in [1.54, 1.807) is 0 Å². The molecule has 102 valence electrons. The van der Waals surface area contributed by atoms with Crippen LogP contribution in [0.1, 0.15) is 56.8 Å². The maximum atomic E-state index is 5.75. The largest absolute Gasteiger partial charge is 0.399 e. The van der Waals surface area contributed by atoms with Crippen molar-refractivity contribution >= 4 is 5.69 Å². The number of rotatable bonds is 5. The summed E-state index contributed by atoms with van der Waals surface area (Å²) >= 11 is 0. The van der Waals surface area contributed by atoms with Crippen molar-refractivity contribution in [2.45, 2.75) is 45.6 Å². The van der Waals surface area contributed by atoms with Gasteiger partial charge in [-0.05, 0) is 37.5 Å². The van der Waals surface area contributed by atoms with E-state index in [0.29, 0.717) is 12.0 Å². The Kier molecular flexibility index (Phi) is 4.25. The second kappa shape index (κ2) is 5.91. The molecule has 0 spiro atoms. The Bertz CT molecular complexity index is 509. The maximum Gasteiger partial charge on any atom is 0.0953 e. The Morgan fingerprint density at radius 1 is 1.16 bits per heavy atom. The SMILES string of the molecule is CCC(CC)c1cncn1C(C)c1ccc(N)cc1. The fourth-order valence-electron chi connectivity index (χ4n) is 2.60. The summed E-state index contributed by atoms with van der Waals surface area (Å²) < 4.78 is 2.28. The third-order valence-corrected chi connectivity index (χ3v) is 3.94. The number of imidazole rings is 1. The summed E-state index contributed by atoms with van der Waals surface area (Å²) in [5.41, 5.74) is 9.15. The fourth-order valence-corrected chi connectivity index (χ4v) is 2.60. The second-order valence-corrected chi connectivity index (χ2v) is 5.08. The van der Waals surface area contributed by atoms with Gasteiger partial charge in [0.25, 0.3) is 0 Å². The lowest BCUT2D eigenvalue weighted by atomic mass is 9.98. The van der Waals surface area contributed by atoms with Crippen LogP contribution in [-0.2, 0) is 0 Å². The van der Waals surface area contributed by atoms with Crippen molar-refractivity contribution in [3.05, 3.63) is 48.0 Å². The Morgan fingerprint density at radius 3 is 2.37 bits per heavy atom. The highest BCUT2D eigenvalue weighted by molar-refractivity contribution is 5.40. The molecule has 2 aromatic rings. The molecule has 1 aromatic heterocycles. The Labute approximate surface area is 115 Å². The number of nitrogens with two attached hydrogens (primary N) is 1. The Balaban J connectivity index is 2.31. The van der Waals surface area contributed by atoms with Gasteiger partial charge in [-0.1, -0.05) is 26.0 Å². The Hall–Kier alpha value is -1.77. The number of nitrogens with zero attached hydrogens (tertiary/aromatic N) is 2. The lowest BCUT2D eigenvalue weighted by molar-refractivity contribution is 0.538. The second-order valence-electron chi connectivity index (χ2n) is 5.08. The minimum atomic E-state index is 0.290. The molecule has 1 unspecified atom stereocenters. The summed E-state index contributed by atoms with van der Waals surface area (Å²) in [5.74, 6) is 0.582. The zero-order valence-electron chi connectivity index (χ0n) is 12.0. The lowest BCUT2D eigenvalue weighted by Gasteiger charge is -2.21. The molecule has 1 aromatic carbocycles. The van der Waals surface area contributed by atoms with Crippen LogP contribution in [-0.4, -0.2) is 9.55 Å². The van der Waals surface area contributed by atoms with Crippen LogP contribution in [0.3, 0.4) is 0 Å². The van der Waals surface area contributed by atoms with E-state index in [1.165, 1.54) is 11.3 Å². The molecule has 0 aliphatic rings. The van der Waals surface area contributed by atoms with Gasteiger partial charge in [-0.15, -0.1) is 0 Å². The van der Waals surface area contributed by atoms with E-state index in [9.17, 15) is 0 Å². The van der Waals surface area contributed by atoms with Gasteiger partial charge in [0.2, 0.25) is 0 Å². The zero-order valence-corrected chi connectivity index (χ0v) is 12.0. The maximum absolute atomic E-state index is 5.75. The number of hydrogen-bond acceptors (Lipinski definition) is 2. The van der Waals surface area contributed by atoms with Gasteiger partial charge in [-0.2, -0.15) is 0 Å². The van der Waals surface area contributed by atoms with Gasteiger partial charge in [0, 0.05) is 23.5 Å². The molecule has 0 saturated carbocycles. The first kappa shape index (κ1) is 13.7. The molecule has 3 nitrogen and oxygen atoms in total. The highest BCUT2D eigenvalue weighted by Gasteiger charge is 2.16. The first-order valence-electron chi connectivity index (χ1n) is 7.04. The number of hydrogen-bond donors (Lipinski definition) is 1. The molecular formula is C16H23N3. The van der Waals surface area contributed by atoms with Gasteiger partial charge in [-0.3, -0.25) is 0 Å². The molecular weight excluding hydrogens is 234 g/mol. The highest BCUT2D eigenvalue weighted by Crippen LogP contribution is 2.28. The summed E-state index contributed by atoms with van der Waals surface area (Å²) in [7, 11) is 0. The third-order valence-electron chi connectivity index (χ3n) is 3.94. The van der Waals surface area contributed by atoms with E-state index < -0.39 is 0 Å². The molecule has 1 atom stereocenters. The molecule has 0 bridgehead atoms. The van der Waals surface area contributed by atoms with E-state index in [0.717, 1.165) is 18.5 Å². The van der Waals surface area contributed by atoms with Crippen LogP contribution in [0, 0.1) is 0 Å². The molecule has 0 radical (unpaired) electrons. The highest BCUT2D eigenvalue weighted by atomic mass is 15.1. The molecule has 0 aliphatic heterocycles. The van der Waals surface area contributed by atoms with Crippen molar-refractivity contribution in [2.75, 3.05) is 5.73 Å². The van der Waals surface area contributed by atoms with Gasteiger partial charge < -0.3 is 10.3 Å². The molecule has 3 heteroatoms. The summed E-state index contributed by atoms with van der Waals surface area (Å²) in [4.78, 5) is 4.34. The van der Waals surface area contributed by atoms with Gasteiger partial charge >= 0.3 is 0 Å². The van der Waals surface area contributed by atoms with E-state index in [4.69, 9.17) is 5.73 Å². The van der Waals surface area contributed by atoms with Gasteiger partial charge in [0.05, 0.1) is 12.4 Å². The van der Waals surface area contributed by atoms with Crippen LogP contribution in [0.25, 0.3) is 0 Å². The third kappa shape index (κ3) is 2.80. The molecule has 2 rings (SSSR count). The number of nitrogen functional groups attached to an aromatic ring is 1. The molecule has 19 heavy (non-hydrogen) atoms. The van der Waals surface area contributed by atoms with Crippen LogP contribution >= 0.6 is 0 Å². The van der Waals surface area contributed by atoms with Crippen molar-refractivity contribution < 1.29 is 0 Å². The number of anilines is 1. The summed E-state index contributed by atoms with van der Waals surface area (Å²) in [5, 5.41) is 0. The van der Waals surface area contributed by atoms with Crippen molar-refractivity contribution in [3.63, 3.8) is 0 Å². The predicted molar refractivity (Wildman–Crippen MR) is 80.2 cm³/mol. The zero-order chi connectivity index (χ0) is 13.8. The average molecular weight is 257 g/mol. The monoisotopic (exact) mass is 257 g/mol. The van der Waals surface area contributed by atoms with Crippen molar-refractivity contribution in [2.24, 2.45) is 0 Å². The summed E-state index contributed by atoms with van der Waals surface area (Å²) in [6.07, 6.45) is 6.24. The van der Waals surface area contributed by atoms with E-state index >= 15 is 0 Å². The van der Waals surface area contributed by atoms with Gasteiger partial charge in [-0.25, -0.2) is 4.98 Å². The van der Waals surface area contributed by atoms with Crippen LogP contribution in [0.4, 0.5) is 5.69 Å². The summed E-state index contributed by atoms with van der Waals surface area (Å²) in [6, 6.07) is 8.39. The average Bonchev–Trinajstić information content (AvgIpc) is 2.89. The predicted octanol–water partition coefficient (Wildman–Crippen LogP) is 3.98. The van der Waals surface area contributed by atoms with E-state index in [2.05, 4.69) is 42.5 Å². The van der Waals surface area contributed by atoms with Crippen LogP contribution in [0.5, 0.6) is 0 Å². The van der Waals surface area contributed by atoms with Crippen molar-refractivity contribution in [1.82, 2.24) is 9.55 Å². The molecule has 2 N–H and O–H groups in total. The van der Waals surface area contributed by atoms with Crippen LogP contribution in [0.2, 0.25) is 0 Å². The van der Waals surface area contributed by atoms with Crippen LogP contribution < -0.4 is 5.73 Å². The van der Waals surface area contributed by atoms with Gasteiger partial charge in [0.1, 0.15) is 0 Å².